The third-order valence-electron chi connectivity index (χ3n) is 5.83. The van der Waals surface area contributed by atoms with Crippen LogP contribution in [0.25, 0.3) is 22.5 Å². The molecule has 4 N–H and O–H groups in total. The van der Waals surface area contributed by atoms with Gasteiger partial charge in [-0.05, 0) is 53.4 Å². The first-order valence-electron chi connectivity index (χ1n) is 10.9. The minimum Gasteiger partial charge on any atom is -0.505 e. The summed E-state index contributed by atoms with van der Waals surface area (Å²) in [6.07, 6.45) is 0.489. The van der Waals surface area contributed by atoms with Crippen LogP contribution >= 0.6 is 0 Å². The highest BCUT2D eigenvalue weighted by molar-refractivity contribution is 5.78. The summed E-state index contributed by atoms with van der Waals surface area (Å²) < 4.78 is 0. The van der Waals surface area contributed by atoms with Crippen LogP contribution in [0.4, 0.5) is 11.4 Å². The Morgan fingerprint density at radius 1 is 0.914 bits per heavy atom. The Labute approximate surface area is 199 Å². The summed E-state index contributed by atoms with van der Waals surface area (Å²) in [5.74, 6) is 0.398. The van der Waals surface area contributed by atoms with Crippen molar-refractivity contribution in [3.05, 3.63) is 93.4 Å². The number of H-pyrrole nitrogens is 3. The third kappa shape index (κ3) is 4.49. The van der Waals surface area contributed by atoms with E-state index in [2.05, 4.69) is 54.0 Å². The van der Waals surface area contributed by atoms with Gasteiger partial charge in [-0.1, -0.05) is 48.5 Å². The molecule has 35 heavy (non-hydrogen) atoms. The van der Waals surface area contributed by atoms with Gasteiger partial charge < -0.3 is 5.11 Å². The summed E-state index contributed by atoms with van der Waals surface area (Å²) in [6, 6.07) is 18.7. The number of para-hydroxylation sites is 1. The molecule has 0 atom stereocenters. The molecular formula is C25H22N8O2. The molecule has 0 fully saturated rings. The largest absolute Gasteiger partial charge is 0.505 e. The number of hydrogen-bond donors (Lipinski definition) is 4. The zero-order valence-electron chi connectivity index (χ0n) is 19.1. The predicted molar refractivity (Wildman–Crippen MR) is 131 cm³/mol. The van der Waals surface area contributed by atoms with E-state index in [4.69, 9.17) is 0 Å². The van der Waals surface area contributed by atoms with Gasteiger partial charge in [-0.15, -0.1) is 20.4 Å². The molecule has 0 aliphatic rings. The Kier molecular flexibility index (Phi) is 5.76. The SMILES string of the molecule is Cc1ccc(Cc2[nH][nH]c(=O)c2N=Nc2cccc(-c3cccc(-c4nn[nH]n4)c3)c2O)cc1C. The lowest BCUT2D eigenvalue weighted by Gasteiger charge is -2.08. The third-order valence-corrected chi connectivity index (χ3v) is 5.83. The topological polar surface area (TPSA) is 148 Å². The van der Waals surface area contributed by atoms with E-state index < -0.39 is 0 Å². The number of nitrogens with zero attached hydrogens (tertiary/aromatic N) is 5. The van der Waals surface area contributed by atoms with Gasteiger partial charge in [0.1, 0.15) is 5.69 Å². The molecule has 5 aromatic rings. The first-order valence-corrected chi connectivity index (χ1v) is 10.9. The maximum Gasteiger partial charge on any atom is 0.291 e. The van der Waals surface area contributed by atoms with Gasteiger partial charge in [0.05, 0.1) is 5.69 Å². The van der Waals surface area contributed by atoms with Gasteiger partial charge in [-0.2, -0.15) is 5.21 Å². The Balaban J connectivity index is 1.45. The van der Waals surface area contributed by atoms with Crippen molar-refractivity contribution in [2.24, 2.45) is 10.2 Å². The number of benzene rings is 3. The minimum absolute atomic E-state index is 0.0517. The van der Waals surface area contributed by atoms with E-state index in [1.807, 2.05) is 43.3 Å². The van der Waals surface area contributed by atoms with Crippen molar-refractivity contribution in [1.82, 2.24) is 30.8 Å². The van der Waals surface area contributed by atoms with Crippen LogP contribution in [0.5, 0.6) is 5.75 Å². The zero-order valence-corrected chi connectivity index (χ0v) is 19.1. The van der Waals surface area contributed by atoms with Crippen LogP contribution in [0.3, 0.4) is 0 Å². The van der Waals surface area contributed by atoms with Crippen molar-refractivity contribution < 1.29 is 5.11 Å². The lowest BCUT2D eigenvalue weighted by molar-refractivity contribution is 0.478. The number of hydrogen-bond acceptors (Lipinski definition) is 7. The molecule has 0 aliphatic heterocycles. The standard InChI is InChI=1S/C25H22N8O2/c1-14-9-10-16(11-15(14)2)12-21-22(25(35)31-27-21)28-26-20-8-4-7-19(23(20)34)17-5-3-6-18(13-17)24-29-32-33-30-24/h3-11,13,34H,12H2,1-2H3,(H2,27,31,35)(H,29,30,32,33). The molecule has 3 aromatic carbocycles. The van der Waals surface area contributed by atoms with Gasteiger partial charge in [0, 0.05) is 17.5 Å². The molecule has 2 heterocycles. The maximum atomic E-state index is 12.4. The number of rotatable bonds is 6. The summed E-state index contributed by atoms with van der Waals surface area (Å²) in [4.78, 5) is 12.4. The van der Waals surface area contributed by atoms with Crippen molar-refractivity contribution in [2.45, 2.75) is 20.3 Å². The van der Waals surface area contributed by atoms with Crippen LogP contribution < -0.4 is 5.56 Å². The van der Waals surface area contributed by atoms with Crippen molar-refractivity contribution in [3.63, 3.8) is 0 Å². The van der Waals surface area contributed by atoms with Gasteiger partial charge >= 0.3 is 0 Å². The Morgan fingerprint density at radius 2 is 1.74 bits per heavy atom. The number of azo groups is 1. The molecule has 0 amide bonds. The molecule has 174 valence electrons. The molecule has 5 rings (SSSR count). The summed E-state index contributed by atoms with van der Waals surface area (Å²) in [6.45, 7) is 4.10. The smallest absolute Gasteiger partial charge is 0.291 e. The quantitative estimate of drug-likeness (QED) is 0.263. The Morgan fingerprint density at radius 3 is 2.54 bits per heavy atom. The lowest BCUT2D eigenvalue weighted by Crippen LogP contribution is -1.97. The summed E-state index contributed by atoms with van der Waals surface area (Å²) in [5.41, 5.74) is 6.13. The fourth-order valence-corrected chi connectivity index (χ4v) is 3.80. The summed E-state index contributed by atoms with van der Waals surface area (Å²) >= 11 is 0. The number of phenols is 1. The van der Waals surface area contributed by atoms with Crippen LogP contribution in [0, 0.1) is 13.8 Å². The first-order chi connectivity index (χ1) is 17.0. The van der Waals surface area contributed by atoms with E-state index in [-0.39, 0.29) is 22.7 Å². The lowest BCUT2D eigenvalue weighted by atomic mass is 10.0. The second-order valence-corrected chi connectivity index (χ2v) is 8.19. The number of aromatic amines is 3. The number of tetrazole rings is 1. The van der Waals surface area contributed by atoms with Crippen molar-refractivity contribution in [2.75, 3.05) is 0 Å². The average molecular weight is 467 g/mol. The molecule has 0 saturated heterocycles. The number of aromatic hydroxyl groups is 1. The second-order valence-electron chi connectivity index (χ2n) is 8.19. The van der Waals surface area contributed by atoms with E-state index in [0.29, 0.717) is 23.5 Å². The molecule has 0 saturated carbocycles. The zero-order chi connectivity index (χ0) is 24.4. The van der Waals surface area contributed by atoms with E-state index in [0.717, 1.165) is 16.7 Å². The van der Waals surface area contributed by atoms with Crippen molar-refractivity contribution >= 4 is 11.4 Å². The van der Waals surface area contributed by atoms with E-state index in [1.54, 1.807) is 18.2 Å². The highest BCUT2D eigenvalue weighted by atomic mass is 16.3. The summed E-state index contributed by atoms with van der Waals surface area (Å²) in [5, 5.41) is 38.8. The predicted octanol–water partition coefficient (Wildman–Crippen LogP) is 4.88. The monoisotopic (exact) mass is 466 g/mol. The number of aromatic nitrogens is 6. The highest BCUT2D eigenvalue weighted by Gasteiger charge is 2.14. The minimum atomic E-state index is -0.379. The van der Waals surface area contributed by atoms with Crippen LogP contribution in [0.15, 0.2) is 75.7 Å². The Bertz CT molecular complexity index is 1580. The normalized spacial score (nSPS) is 11.4. The van der Waals surface area contributed by atoms with Gasteiger partial charge in [0.15, 0.2) is 11.4 Å². The summed E-state index contributed by atoms with van der Waals surface area (Å²) in [7, 11) is 0. The number of aryl methyl sites for hydroxylation is 2. The molecule has 10 heteroatoms. The number of phenolic OH excluding ortho intramolecular Hbond substituents is 1. The van der Waals surface area contributed by atoms with Gasteiger partial charge in [-0.3, -0.25) is 15.0 Å². The van der Waals surface area contributed by atoms with E-state index >= 15 is 0 Å². The molecule has 0 aliphatic carbocycles. The molecule has 0 bridgehead atoms. The molecule has 0 spiro atoms. The van der Waals surface area contributed by atoms with E-state index in [1.165, 1.54) is 11.1 Å². The first kappa shape index (κ1) is 22.0. The molecular weight excluding hydrogens is 444 g/mol. The molecule has 2 aromatic heterocycles. The molecule has 0 unspecified atom stereocenters. The van der Waals surface area contributed by atoms with E-state index in [9.17, 15) is 9.90 Å². The van der Waals surface area contributed by atoms with Gasteiger partial charge in [0.2, 0.25) is 5.82 Å². The second kappa shape index (κ2) is 9.18. The Hall–Kier alpha value is -4.86. The molecule has 0 radical (unpaired) electrons. The van der Waals surface area contributed by atoms with Gasteiger partial charge in [0.25, 0.3) is 5.56 Å². The average Bonchev–Trinajstić information content (AvgIpc) is 3.52. The van der Waals surface area contributed by atoms with Crippen LogP contribution in [0.1, 0.15) is 22.4 Å². The van der Waals surface area contributed by atoms with Gasteiger partial charge in [-0.25, -0.2) is 0 Å². The maximum absolute atomic E-state index is 12.4. The fraction of sp³-hybridized carbons (Fsp3) is 0.120. The molecule has 10 nitrogen and oxygen atoms in total. The van der Waals surface area contributed by atoms with Crippen molar-refractivity contribution in [1.29, 1.82) is 0 Å². The van der Waals surface area contributed by atoms with Crippen LogP contribution in [0.2, 0.25) is 0 Å². The fourth-order valence-electron chi connectivity index (χ4n) is 3.80. The van der Waals surface area contributed by atoms with Crippen LogP contribution in [-0.2, 0) is 6.42 Å². The highest BCUT2D eigenvalue weighted by Crippen LogP contribution is 2.38. The van der Waals surface area contributed by atoms with Crippen LogP contribution in [-0.4, -0.2) is 35.9 Å². The number of nitrogens with one attached hydrogen (secondary N) is 3. The van der Waals surface area contributed by atoms with Crippen molar-refractivity contribution in [3.8, 4) is 28.3 Å².